The zero-order valence-corrected chi connectivity index (χ0v) is 6.90. The Morgan fingerprint density at radius 2 is 2.00 bits per heavy atom. The van der Waals surface area contributed by atoms with Gasteiger partial charge in [-0.05, 0) is 12.1 Å². The summed E-state index contributed by atoms with van der Waals surface area (Å²) in [6, 6.07) is 7.56. The van der Waals surface area contributed by atoms with Crippen LogP contribution in [0.15, 0.2) is 40.8 Å². The molecule has 0 atom stereocenters. The molecule has 0 radical (unpaired) electrons. The van der Waals surface area contributed by atoms with Crippen LogP contribution in [0.4, 0.5) is 5.69 Å². The smallest absolute Gasteiger partial charge is 0.0631 e. The molecule has 1 rings (SSSR count). The molecule has 0 aliphatic carbocycles. The average Bonchev–Trinajstić information content (AvgIpc) is 1.93. The SMILES string of the molecule is C=C(N)Sc1ccccc1N. The molecule has 0 amide bonds. The Morgan fingerprint density at radius 1 is 1.36 bits per heavy atom. The molecular formula is C8H10N2S. The molecule has 1 aromatic rings. The Balaban J connectivity index is 2.86. The largest absolute Gasteiger partial charge is 0.398 e. The first-order valence-corrected chi connectivity index (χ1v) is 3.98. The standard InChI is InChI=1S/C8H10N2S/c1-6(9)11-8-5-3-2-4-7(8)10/h2-5H,1,9-10H2. The number of thioether (sulfide) groups is 1. The zero-order chi connectivity index (χ0) is 8.27. The van der Waals surface area contributed by atoms with Gasteiger partial charge in [-0.1, -0.05) is 30.5 Å². The van der Waals surface area contributed by atoms with Crippen molar-refractivity contribution in [3.63, 3.8) is 0 Å². The minimum absolute atomic E-state index is 0.558. The van der Waals surface area contributed by atoms with Crippen LogP contribution in [0.3, 0.4) is 0 Å². The van der Waals surface area contributed by atoms with E-state index in [0.717, 1.165) is 10.6 Å². The number of nitrogens with two attached hydrogens (primary N) is 2. The van der Waals surface area contributed by atoms with Crippen LogP contribution in [-0.2, 0) is 0 Å². The molecule has 58 valence electrons. The van der Waals surface area contributed by atoms with Crippen molar-refractivity contribution in [2.75, 3.05) is 5.73 Å². The molecule has 0 aromatic heterocycles. The minimum Gasteiger partial charge on any atom is -0.398 e. The van der Waals surface area contributed by atoms with Gasteiger partial charge in [0.1, 0.15) is 0 Å². The summed E-state index contributed by atoms with van der Waals surface area (Å²) in [5.41, 5.74) is 11.8. The van der Waals surface area contributed by atoms with Crippen LogP contribution in [0.25, 0.3) is 0 Å². The van der Waals surface area contributed by atoms with Gasteiger partial charge in [-0.3, -0.25) is 0 Å². The highest BCUT2D eigenvalue weighted by molar-refractivity contribution is 8.03. The molecule has 0 saturated carbocycles. The number of para-hydroxylation sites is 1. The van der Waals surface area contributed by atoms with Gasteiger partial charge in [0.05, 0.1) is 5.03 Å². The molecule has 0 aliphatic heterocycles. The first kappa shape index (κ1) is 8.01. The van der Waals surface area contributed by atoms with Gasteiger partial charge < -0.3 is 11.5 Å². The maximum absolute atomic E-state index is 5.65. The van der Waals surface area contributed by atoms with Crippen molar-refractivity contribution >= 4 is 17.4 Å². The molecule has 0 unspecified atom stereocenters. The predicted molar refractivity (Wildman–Crippen MR) is 50.0 cm³/mol. The van der Waals surface area contributed by atoms with Crippen molar-refractivity contribution < 1.29 is 0 Å². The van der Waals surface area contributed by atoms with Crippen molar-refractivity contribution in [3.8, 4) is 0 Å². The van der Waals surface area contributed by atoms with Gasteiger partial charge in [0.25, 0.3) is 0 Å². The maximum atomic E-state index is 5.65. The summed E-state index contributed by atoms with van der Waals surface area (Å²) < 4.78 is 0. The predicted octanol–water partition coefficient (Wildman–Crippen LogP) is 1.79. The summed E-state index contributed by atoms with van der Waals surface area (Å²) in [6.45, 7) is 3.58. The molecule has 4 N–H and O–H groups in total. The Hall–Kier alpha value is -1.09. The van der Waals surface area contributed by atoms with Crippen LogP contribution in [0, 0.1) is 0 Å². The normalized spacial score (nSPS) is 9.45. The van der Waals surface area contributed by atoms with E-state index in [1.807, 2.05) is 24.3 Å². The number of hydrogen-bond acceptors (Lipinski definition) is 3. The summed E-state index contributed by atoms with van der Waals surface area (Å²) >= 11 is 1.38. The van der Waals surface area contributed by atoms with Crippen LogP contribution < -0.4 is 11.5 Å². The highest BCUT2D eigenvalue weighted by Gasteiger charge is 1.97. The maximum Gasteiger partial charge on any atom is 0.0631 e. The van der Waals surface area contributed by atoms with Crippen LogP contribution in [-0.4, -0.2) is 0 Å². The van der Waals surface area contributed by atoms with Crippen molar-refractivity contribution in [1.29, 1.82) is 0 Å². The third kappa shape index (κ3) is 2.20. The summed E-state index contributed by atoms with van der Waals surface area (Å²) in [5, 5.41) is 0.558. The Labute approximate surface area is 70.3 Å². The molecule has 0 spiro atoms. The summed E-state index contributed by atoms with van der Waals surface area (Å²) in [4.78, 5) is 0.958. The Kier molecular flexibility index (Phi) is 2.44. The summed E-state index contributed by atoms with van der Waals surface area (Å²) in [7, 11) is 0. The summed E-state index contributed by atoms with van der Waals surface area (Å²) in [6.07, 6.45) is 0. The Bertz CT molecular complexity index is 271. The lowest BCUT2D eigenvalue weighted by Gasteiger charge is -2.02. The molecule has 0 aliphatic rings. The molecule has 1 aromatic carbocycles. The second-order valence-corrected chi connectivity index (χ2v) is 3.27. The fourth-order valence-corrected chi connectivity index (χ4v) is 1.33. The fraction of sp³-hybridized carbons (Fsp3) is 0. The van der Waals surface area contributed by atoms with Crippen LogP contribution in [0.5, 0.6) is 0 Å². The van der Waals surface area contributed by atoms with E-state index in [9.17, 15) is 0 Å². The number of anilines is 1. The van der Waals surface area contributed by atoms with Gasteiger partial charge in [-0.25, -0.2) is 0 Å². The molecule has 0 heterocycles. The van der Waals surface area contributed by atoms with E-state index in [1.54, 1.807) is 0 Å². The lowest BCUT2D eigenvalue weighted by atomic mass is 10.3. The van der Waals surface area contributed by atoms with Crippen LogP contribution >= 0.6 is 11.8 Å². The van der Waals surface area contributed by atoms with Crippen molar-refractivity contribution in [3.05, 3.63) is 35.9 Å². The Morgan fingerprint density at radius 3 is 2.55 bits per heavy atom. The number of hydrogen-bond donors (Lipinski definition) is 2. The molecule has 11 heavy (non-hydrogen) atoms. The van der Waals surface area contributed by atoms with Gasteiger partial charge >= 0.3 is 0 Å². The van der Waals surface area contributed by atoms with Gasteiger partial charge in [0, 0.05) is 10.6 Å². The summed E-state index contributed by atoms with van der Waals surface area (Å²) in [5.74, 6) is 0. The first-order valence-electron chi connectivity index (χ1n) is 3.17. The van der Waals surface area contributed by atoms with Gasteiger partial charge in [-0.15, -0.1) is 0 Å². The number of nitrogen functional groups attached to an aromatic ring is 1. The first-order chi connectivity index (χ1) is 5.20. The highest BCUT2D eigenvalue weighted by atomic mass is 32.2. The zero-order valence-electron chi connectivity index (χ0n) is 6.08. The van der Waals surface area contributed by atoms with Gasteiger partial charge in [0.2, 0.25) is 0 Å². The quantitative estimate of drug-likeness (QED) is 0.520. The van der Waals surface area contributed by atoms with E-state index < -0.39 is 0 Å². The van der Waals surface area contributed by atoms with Gasteiger partial charge in [-0.2, -0.15) is 0 Å². The number of benzene rings is 1. The average molecular weight is 166 g/mol. The van der Waals surface area contributed by atoms with Crippen LogP contribution in [0.2, 0.25) is 0 Å². The molecule has 0 bridgehead atoms. The lowest BCUT2D eigenvalue weighted by Crippen LogP contribution is -1.91. The molecule has 3 heteroatoms. The topological polar surface area (TPSA) is 52.0 Å². The van der Waals surface area contributed by atoms with Crippen molar-refractivity contribution in [2.24, 2.45) is 5.73 Å². The van der Waals surface area contributed by atoms with E-state index in [-0.39, 0.29) is 0 Å². The molecule has 0 saturated heterocycles. The van der Waals surface area contributed by atoms with Crippen LogP contribution in [0.1, 0.15) is 0 Å². The van der Waals surface area contributed by atoms with E-state index in [1.165, 1.54) is 11.8 Å². The minimum atomic E-state index is 0.558. The monoisotopic (exact) mass is 166 g/mol. The van der Waals surface area contributed by atoms with E-state index in [0.29, 0.717) is 5.03 Å². The van der Waals surface area contributed by atoms with E-state index in [4.69, 9.17) is 11.5 Å². The highest BCUT2D eigenvalue weighted by Crippen LogP contribution is 2.26. The third-order valence-corrected chi connectivity index (χ3v) is 2.01. The number of rotatable bonds is 2. The molecular weight excluding hydrogens is 156 g/mol. The fourth-order valence-electron chi connectivity index (χ4n) is 0.715. The van der Waals surface area contributed by atoms with Crippen molar-refractivity contribution in [1.82, 2.24) is 0 Å². The second-order valence-electron chi connectivity index (χ2n) is 2.11. The molecule has 2 nitrogen and oxygen atoms in total. The van der Waals surface area contributed by atoms with Gasteiger partial charge in [0.15, 0.2) is 0 Å². The van der Waals surface area contributed by atoms with Crippen molar-refractivity contribution in [2.45, 2.75) is 4.90 Å². The molecule has 0 fully saturated rings. The second kappa shape index (κ2) is 3.34. The van der Waals surface area contributed by atoms with E-state index in [2.05, 4.69) is 6.58 Å². The third-order valence-electron chi connectivity index (χ3n) is 1.16. The lowest BCUT2D eigenvalue weighted by molar-refractivity contribution is 1.45. The van der Waals surface area contributed by atoms with E-state index >= 15 is 0 Å².